The van der Waals surface area contributed by atoms with Gasteiger partial charge in [-0.2, -0.15) is 5.10 Å². The Bertz CT molecular complexity index is 873. The van der Waals surface area contributed by atoms with Crippen molar-refractivity contribution in [2.24, 2.45) is 5.10 Å². The summed E-state index contributed by atoms with van der Waals surface area (Å²) in [7, 11) is 0. The van der Waals surface area contributed by atoms with Crippen LogP contribution in [0.25, 0.3) is 0 Å². The number of nitrogens with one attached hydrogen (secondary N) is 1. The molecule has 1 amide bonds. The molecule has 0 saturated carbocycles. The van der Waals surface area contributed by atoms with E-state index in [9.17, 15) is 4.79 Å². The zero-order valence-corrected chi connectivity index (χ0v) is 16.5. The smallest absolute Gasteiger partial charge is 0.271 e. The summed E-state index contributed by atoms with van der Waals surface area (Å²) < 4.78 is 16.3. The number of rotatable bonds is 9. The topological polar surface area (TPSA) is 69.2 Å². The first-order valence-corrected chi connectivity index (χ1v) is 9.05. The lowest BCUT2D eigenvalue weighted by Gasteiger charge is -2.12. The SMILES string of the molecule is C#CCOc1c(Cl)cc(/C=N\NC(=O)c2ccc(OCC)cc2)cc1OCC. The van der Waals surface area contributed by atoms with Gasteiger partial charge in [0.05, 0.1) is 24.5 Å². The first-order chi connectivity index (χ1) is 13.6. The van der Waals surface area contributed by atoms with Gasteiger partial charge in [0.1, 0.15) is 12.4 Å². The Labute approximate surface area is 169 Å². The van der Waals surface area contributed by atoms with Crippen LogP contribution in [0.3, 0.4) is 0 Å². The lowest BCUT2D eigenvalue weighted by molar-refractivity contribution is 0.0955. The Balaban J connectivity index is 2.08. The highest BCUT2D eigenvalue weighted by Gasteiger charge is 2.12. The van der Waals surface area contributed by atoms with Gasteiger partial charge in [-0.3, -0.25) is 4.79 Å². The summed E-state index contributed by atoms with van der Waals surface area (Å²) >= 11 is 6.25. The van der Waals surface area contributed by atoms with Crippen molar-refractivity contribution in [3.05, 3.63) is 52.5 Å². The molecule has 0 unspecified atom stereocenters. The molecule has 28 heavy (non-hydrogen) atoms. The summed E-state index contributed by atoms with van der Waals surface area (Å²) in [5.74, 6) is 3.56. The molecule has 1 N–H and O–H groups in total. The highest BCUT2D eigenvalue weighted by molar-refractivity contribution is 6.32. The number of hydrogen-bond acceptors (Lipinski definition) is 5. The summed E-state index contributed by atoms with van der Waals surface area (Å²) in [6, 6.07) is 10.1. The Kier molecular flexibility index (Phi) is 8.19. The molecule has 146 valence electrons. The van der Waals surface area contributed by atoms with Crippen molar-refractivity contribution in [2.45, 2.75) is 13.8 Å². The molecule has 0 spiro atoms. The Morgan fingerprint density at radius 1 is 1.18 bits per heavy atom. The Morgan fingerprint density at radius 3 is 2.54 bits per heavy atom. The molecule has 0 heterocycles. The predicted octanol–water partition coefficient (Wildman–Crippen LogP) is 3.91. The molecule has 2 rings (SSSR count). The van der Waals surface area contributed by atoms with E-state index >= 15 is 0 Å². The molecule has 0 atom stereocenters. The minimum Gasteiger partial charge on any atom is -0.494 e. The van der Waals surface area contributed by atoms with Crippen molar-refractivity contribution in [3.8, 4) is 29.6 Å². The molecule has 0 radical (unpaired) electrons. The molecule has 2 aromatic carbocycles. The fraction of sp³-hybridized carbons (Fsp3) is 0.238. The third-order valence-corrected chi connectivity index (χ3v) is 3.72. The van der Waals surface area contributed by atoms with Crippen molar-refractivity contribution in [3.63, 3.8) is 0 Å². The lowest BCUT2D eigenvalue weighted by atomic mass is 10.2. The molecule has 0 bridgehead atoms. The number of terminal acetylenes is 1. The van der Waals surface area contributed by atoms with E-state index in [0.717, 1.165) is 0 Å². The maximum atomic E-state index is 12.2. The Hall–Kier alpha value is -3.17. The second-order valence-corrected chi connectivity index (χ2v) is 5.82. The van der Waals surface area contributed by atoms with Crippen molar-refractivity contribution < 1.29 is 19.0 Å². The monoisotopic (exact) mass is 400 g/mol. The van der Waals surface area contributed by atoms with E-state index in [1.54, 1.807) is 36.4 Å². The van der Waals surface area contributed by atoms with Crippen LogP contribution in [0.2, 0.25) is 5.02 Å². The molecular weight excluding hydrogens is 380 g/mol. The third-order valence-electron chi connectivity index (χ3n) is 3.44. The zero-order chi connectivity index (χ0) is 20.4. The third kappa shape index (κ3) is 5.93. The number of amides is 1. The van der Waals surface area contributed by atoms with Crippen LogP contribution in [0.5, 0.6) is 17.2 Å². The number of halogens is 1. The summed E-state index contributed by atoms with van der Waals surface area (Å²) in [5, 5.41) is 4.30. The lowest BCUT2D eigenvalue weighted by Crippen LogP contribution is -2.17. The summed E-state index contributed by atoms with van der Waals surface area (Å²) in [4.78, 5) is 12.2. The van der Waals surface area contributed by atoms with E-state index in [1.807, 2.05) is 13.8 Å². The van der Waals surface area contributed by atoms with Crippen LogP contribution in [-0.2, 0) is 0 Å². The van der Waals surface area contributed by atoms with Gasteiger partial charge >= 0.3 is 0 Å². The zero-order valence-electron chi connectivity index (χ0n) is 15.7. The second kappa shape index (κ2) is 10.9. The average Bonchev–Trinajstić information content (AvgIpc) is 2.68. The molecule has 0 aliphatic heterocycles. The Morgan fingerprint density at radius 2 is 1.89 bits per heavy atom. The second-order valence-electron chi connectivity index (χ2n) is 5.41. The van der Waals surface area contributed by atoms with Crippen LogP contribution in [0.4, 0.5) is 0 Å². The van der Waals surface area contributed by atoms with Gasteiger partial charge in [-0.05, 0) is 55.8 Å². The van der Waals surface area contributed by atoms with Crippen LogP contribution in [0.1, 0.15) is 29.8 Å². The molecular formula is C21H21ClN2O4. The molecule has 6 nitrogen and oxygen atoms in total. The molecule has 0 aliphatic carbocycles. The fourth-order valence-electron chi connectivity index (χ4n) is 2.28. The van der Waals surface area contributed by atoms with Crippen LogP contribution < -0.4 is 19.6 Å². The number of carbonyl (C=O) groups is 1. The van der Waals surface area contributed by atoms with Gasteiger partial charge in [0, 0.05) is 5.56 Å². The first-order valence-electron chi connectivity index (χ1n) is 8.67. The summed E-state index contributed by atoms with van der Waals surface area (Å²) in [6.45, 7) is 4.81. The van der Waals surface area contributed by atoms with Crippen LogP contribution in [-0.4, -0.2) is 31.9 Å². The molecule has 2 aromatic rings. The number of benzene rings is 2. The standard InChI is InChI=1S/C21H21ClN2O4/c1-4-11-28-20-18(22)12-15(13-19(20)27-6-3)14-23-24-21(25)16-7-9-17(10-8-16)26-5-2/h1,7-10,12-14H,5-6,11H2,2-3H3,(H,24,25)/b23-14-. The van der Waals surface area contributed by atoms with Crippen LogP contribution in [0, 0.1) is 12.3 Å². The van der Waals surface area contributed by atoms with Crippen LogP contribution in [0.15, 0.2) is 41.5 Å². The number of ether oxygens (including phenoxy) is 3. The number of hydrazone groups is 1. The van der Waals surface area contributed by atoms with E-state index in [0.29, 0.717) is 46.6 Å². The van der Waals surface area contributed by atoms with Gasteiger partial charge in [-0.1, -0.05) is 17.5 Å². The minimum absolute atomic E-state index is 0.0748. The molecule has 0 aliphatic rings. The highest BCUT2D eigenvalue weighted by atomic mass is 35.5. The van der Waals surface area contributed by atoms with E-state index in [-0.39, 0.29) is 12.5 Å². The normalized spacial score (nSPS) is 10.4. The maximum absolute atomic E-state index is 12.2. The van der Waals surface area contributed by atoms with Crippen molar-refractivity contribution >= 4 is 23.7 Å². The van der Waals surface area contributed by atoms with E-state index in [4.69, 9.17) is 32.2 Å². The number of hydrogen-bond donors (Lipinski definition) is 1. The van der Waals surface area contributed by atoms with Gasteiger partial charge < -0.3 is 14.2 Å². The van der Waals surface area contributed by atoms with Crippen molar-refractivity contribution in [1.82, 2.24) is 5.43 Å². The quantitative estimate of drug-likeness (QED) is 0.393. The largest absolute Gasteiger partial charge is 0.494 e. The van der Waals surface area contributed by atoms with Crippen molar-refractivity contribution in [1.29, 1.82) is 0 Å². The molecule has 0 fully saturated rings. The van der Waals surface area contributed by atoms with E-state index < -0.39 is 0 Å². The van der Waals surface area contributed by atoms with Gasteiger partial charge in [-0.25, -0.2) is 5.43 Å². The molecule has 0 aromatic heterocycles. The van der Waals surface area contributed by atoms with Gasteiger partial charge in [-0.15, -0.1) is 6.42 Å². The highest BCUT2D eigenvalue weighted by Crippen LogP contribution is 2.36. The number of carbonyl (C=O) groups excluding carboxylic acids is 1. The van der Waals surface area contributed by atoms with E-state index in [1.165, 1.54) is 6.21 Å². The van der Waals surface area contributed by atoms with Gasteiger partial charge in [0.15, 0.2) is 11.5 Å². The number of nitrogens with zero attached hydrogens (tertiary/aromatic N) is 1. The predicted molar refractivity (Wildman–Crippen MR) is 110 cm³/mol. The van der Waals surface area contributed by atoms with Gasteiger partial charge in [0.2, 0.25) is 0 Å². The van der Waals surface area contributed by atoms with Crippen molar-refractivity contribution in [2.75, 3.05) is 19.8 Å². The minimum atomic E-state index is -0.343. The maximum Gasteiger partial charge on any atom is 0.271 e. The van der Waals surface area contributed by atoms with Crippen LogP contribution >= 0.6 is 11.6 Å². The summed E-state index contributed by atoms with van der Waals surface area (Å²) in [6.07, 6.45) is 6.68. The first kappa shape index (κ1) is 21.1. The fourth-order valence-corrected chi connectivity index (χ4v) is 2.55. The van der Waals surface area contributed by atoms with E-state index in [2.05, 4.69) is 16.4 Å². The average molecular weight is 401 g/mol. The summed E-state index contributed by atoms with van der Waals surface area (Å²) in [5.41, 5.74) is 3.56. The molecule has 0 saturated heterocycles. The van der Waals surface area contributed by atoms with Gasteiger partial charge in [0.25, 0.3) is 5.91 Å². The molecule has 7 heteroatoms.